The van der Waals surface area contributed by atoms with Crippen LogP contribution in [-0.4, -0.2) is 34.4 Å². The Hall–Kier alpha value is -3.46. The Morgan fingerprint density at radius 2 is 2.00 bits per heavy atom. The molecule has 0 aliphatic carbocycles. The van der Waals surface area contributed by atoms with Crippen molar-refractivity contribution in [3.8, 4) is 0 Å². The van der Waals surface area contributed by atoms with E-state index >= 15 is 0 Å². The SMILES string of the molecule is O=C(O)c1c[nH]c2c(=O)[nH]c3ccc(S(=O)(=O)Cc4ccccn4)cc3c12. The lowest BCUT2D eigenvalue weighted by Gasteiger charge is -2.07. The number of sulfone groups is 1. The summed E-state index contributed by atoms with van der Waals surface area (Å²) >= 11 is 0. The molecule has 3 heterocycles. The Labute approximate surface area is 152 Å². The first-order valence-corrected chi connectivity index (χ1v) is 9.55. The molecular weight excluding hydrogens is 370 g/mol. The zero-order chi connectivity index (χ0) is 19.2. The maximum Gasteiger partial charge on any atom is 0.337 e. The minimum atomic E-state index is -3.71. The standard InChI is InChI=1S/C18H13N3O5S/c22-17-16-15(13(8-20-16)18(23)24)12-7-11(4-5-14(12)21-17)27(25,26)9-10-3-1-2-6-19-10/h1-8,20H,9H2,(H,21,22)(H,23,24). The molecule has 0 radical (unpaired) electrons. The van der Waals surface area contributed by atoms with Gasteiger partial charge in [-0.1, -0.05) is 6.07 Å². The number of fused-ring (bicyclic) bond motifs is 3. The van der Waals surface area contributed by atoms with Crippen molar-refractivity contribution in [3.05, 3.63) is 70.4 Å². The summed E-state index contributed by atoms with van der Waals surface area (Å²) in [6.45, 7) is 0. The van der Waals surface area contributed by atoms with Crippen LogP contribution >= 0.6 is 0 Å². The second-order valence-electron chi connectivity index (χ2n) is 6.00. The van der Waals surface area contributed by atoms with E-state index in [1.807, 2.05) is 0 Å². The molecule has 9 heteroatoms. The maximum absolute atomic E-state index is 12.8. The minimum Gasteiger partial charge on any atom is -0.478 e. The number of nitrogens with zero attached hydrogens (tertiary/aromatic N) is 1. The summed E-state index contributed by atoms with van der Waals surface area (Å²) < 4.78 is 25.5. The van der Waals surface area contributed by atoms with Crippen molar-refractivity contribution in [2.24, 2.45) is 0 Å². The third-order valence-corrected chi connectivity index (χ3v) is 5.92. The molecule has 0 bridgehead atoms. The van der Waals surface area contributed by atoms with Crippen molar-refractivity contribution in [3.63, 3.8) is 0 Å². The zero-order valence-electron chi connectivity index (χ0n) is 13.8. The van der Waals surface area contributed by atoms with E-state index in [0.717, 1.165) is 0 Å². The van der Waals surface area contributed by atoms with Crippen LogP contribution in [0.15, 0.2) is 58.5 Å². The van der Waals surface area contributed by atoms with Crippen LogP contribution in [0.1, 0.15) is 16.1 Å². The summed E-state index contributed by atoms with van der Waals surface area (Å²) in [5.41, 5.74) is 0.261. The number of hydrogen-bond donors (Lipinski definition) is 3. The molecule has 3 aromatic heterocycles. The lowest BCUT2D eigenvalue weighted by atomic mass is 10.1. The molecule has 0 aliphatic heterocycles. The van der Waals surface area contributed by atoms with E-state index in [4.69, 9.17) is 0 Å². The van der Waals surface area contributed by atoms with Gasteiger partial charge < -0.3 is 15.1 Å². The molecule has 0 saturated carbocycles. The smallest absolute Gasteiger partial charge is 0.337 e. The lowest BCUT2D eigenvalue weighted by Crippen LogP contribution is -2.09. The van der Waals surface area contributed by atoms with Crippen LogP contribution < -0.4 is 5.56 Å². The molecule has 0 atom stereocenters. The van der Waals surface area contributed by atoms with Gasteiger partial charge in [-0.15, -0.1) is 0 Å². The number of nitrogens with one attached hydrogen (secondary N) is 2. The Morgan fingerprint density at radius 1 is 1.19 bits per heavy atom. The number of aromatic carboxylic acids is 1. The third kappa shape index (κ3) is 2.87. The predicted octanol–water partition coefficient (Wildman–Crippen LogP) is 2.08. The highest BCUT2D eigenvalue weighted by Crippen LogP contribution is 2.28. The van der Waals surface area contributed by atoms with E-state index in [0.29, 0.717) is 16.6 Å². The number of hydrogen-bond acceptors (Lipinski definition) is 5. The number of carbonyl (C=O) groups is 1. The van der Waals surface area contributed by atoms with Gasteiger partial charge in [0.1, 0.15) is 5.52 Å². The zero-order valence-corrected chi connectivity index (χ0v) is 14.6. The molecule has 0 unspecified atom stereocenters. The van der Waals surface area contributed by atoms with Gasteiger partial charge in [-0.25, -0.2) is 13.2 Å². The van der Waals surface area contributed by atoms with Crippen LogP contribution in [0.4, 0.5) is 0 Å². The summed E-state index contributed by atoms with van der Waals surface area (Å²) in [7, 11) is -3.71. The number of carboxylic acids is 1. The second kappa shape index (κ2) is 6.06. The van der Waals surface area contributed by atoms with Gasteiger partial charge in [0.25, 0.3) is 5.56 Å². The average Bonchev–Trinajstić information content (AvgIpc) is 3.08. The van der Waals surface area contributed by atoms with Gasteiger partial charge in [0, 0.05) is 28.7 Å². The quantitative estimate of drug-likeness (QED) is 0.494. The van der Waals surface area contributed by atoms with E-state index in [1.54, 1.807) is 18.2 Å². The van der Waals surface area contributed by atoms with Crippen LogP contribution in [0.25, 0.3) is 21.8 Å². The molecule has 1 aromatic carbocycles. The fraction of sp³-hybridized carbons (Fsp3) is 0.0556. The van der Waals surface area contributed by atoms with Gasteiger partial charge in [0.2, 0.25) is 0 Å². The predicted molar refractivity (Wildman–Crippen MR) is 98.5 cm³/mol. The Morgan fingerprint density at radius 3 is 2.70 bits per heavy atom. The molecule has 136 valence electrons. The number of carboxylic acid groups (broad SMARTS) is 1. The molecule has 0 amide bonds. The van der Waals surface area contributed by atoms with Crippen molar-refractivity contribution in [2.45, 2.75) is 10.6 Å². The monoisotopic (exact) mass is 383 g/mol. The number of aromatic nitrogens is 3. The number of H-pyrrole nitrogens is 2. The molecule has 0 aliphatic rings. The van der Waals surface area contributed by atoms with Crippen LogP contribution in [0.2, 0.25) is 0 Å². The highest BCUT2D eigenvalue weighted by Gasteiger charge is 2.20. The first-order chi connectivity index (χ1) is 12.9. The Bertz CT molecular complexity index is 1350. The molecule has 0 saturated heterocycles. The molecule has 3 N–H and O–H groups in total. The summed E-state index contributed by atoms with van der Waals surface area (Å²) in [4.78, 5) is 33.0. The normalized spacial score (nSPS) is 11.9. The first kappa shape index (κ1) is 17.0. The summed E-state index contributed by atoms with van der Waals surface area (Å²) in [6, 6.07) is 9.23. The summed E-state index contributed by atoms with van der Waals surface area (Å²) in [5.74, 6) is -1.50. The Balaban J connectivity index is 1.95. The third-order valence-electron chi connectivity index (χ3n) is 4.27. The highest BCUT2D eigenvalue weighted by molar-refractivity contribution is 7.90. The molecule has 8 nitrogen and oxygen atoms in total. The van der Waals surface area contributed by atoms with Gasteiger partial charge in [0.05, 0.1) is 21.9 Å². The van der Waals surface area contributed by atoms with Crippen molar-refractivity contribution < 1.29 is 18.3 Å². The average molecular weight is 383 g/mol. The Kier molecular flexibility index (Phi) is 3.81. The van der Waals surface area contributed by atoms with E-state index < -0.39 is 21.4 Å². The largest absolute Gasteiger partial charge is 0.478 e. The topological polar surface area (TPSA) is 133 Å². The lowest BCUT2D eigenvalue weighted by molar-refractivity contribution is 0.0699. The van der Waals surface area contributed by atoms with Crippen molar-refractivity contribution in [1.82, 2.24) is 15.0 Å². The molecule has 27 heavy (non-hydrogen) atoms. The second-order valence-corrected chi connectivity index (χ2v) is 7.99. The number of benzene rings is 1. The van der Waals surface area contributed by atoms with Gasteiger partial charge in [-0.2, -0.15) is 0 Å². The van der Waals surface area contributed by atoms with Crippen molar-refractivity contribution in [1.29, 1.82) is 0 Å². The maximum atomic E-state index is 12.8. The van der Waals surface area contributed by atoms with E-state index in [2.05, 4.69) is 15.0 Å². The van der Waals surface area contributed by atoms with Gasteiger partial charge >= 0.3 is 5.97 Å². The van der Waals surface area contributed by atoms with Crippen LogP contribution in [0, 0.1) is 0 Å². The van der Waals surface area contributed by atoms with Crippen LogP contribution in [0.5, 0.6) is 0 Å². The van der Waals surface area contributed by atoms with Crippen molar-refractivity contribution >= 4 is 37.6 Å². The van der Waals surface area contributed by atoms with E-state index in [1.165, 1.54) is 30.6 Å². The van der Waals surface area contributed by atoms with E-state index in [9.17, 15) is 23.1 Å². The number of rotatable bonds is 4. The number of aromatic amines is 2. The van der Waals surface area contributed by atoms with E-state index in [-0.39, 0.29) is 27.1 Å². The summed E-state index contributed by atoms with van der Waals surface area (Å²) in [6.07, 6.45) is 2.73. The fourth-order valence-corrected chi connectivity index (χ4v) is 4.33. The molecule has 0 fully saturated rings. The summed E-state index contributed by atoms with van der Waals surface area (Å²) in [5, 5.41) is 9.90. The van der Waals surface area contributed by atoms with Gasteiger partial charge in [0.15, 0.2) is 9.84 Å². The molecule has 0 spiro atoms. The highest BCUT2D eigenvalue weighted by atomic mass is 32.2. The first-order valence-electron chi connectivity index (χ1n) is 7.90. The van der Waals surface area contributed by atoms with Crippen LogP contribution in [0.3, 0.4) is 0 Å². The van der Waals surface area contributed by atoms with Gasteiger partial charge in [-0.05, 0) is 30.3 Å². The minimum absolute atomic E-state index is 0.0199. The molecule has 4 rings (SSSR count). The fourth-order valence-electron chi connectivity index (χ4n) is 3.03. The van der Waals surface area contributed by atoms with Crippen molar-refractivity contribution in [2.75, 3.05) is 0 Å². The number of pyridine rings is 2. The molecule has 4 aromatic rings. The molecular formula is C18H13N3O5S. The van der Waals surface area contributed by atoms with Crippen LogP contribution in [-0.2, 0) is 15.6 Å². The van der Waals surface area contributed by atoms with Gasteiger partial charge in [-0.3, -0.25) is 9.78 Å².